The van der Waals surface area contributed by atoms with Crippen LogP contribution in [0.25, 0.3) is 0 Å². The van der Waals surface area contributed by atoms with Gasteiger partial charge in [0.15, 0.2) is 11.5 Å². The van der Waals surface area contributed by atoms with Crippen LogP contribution in [-0.2, 0) is 11.2 Å². The maximum absolute atomic E-state index is 12.0. The lowest BCUT2D eigenvalue weighted by Gasteiger charge is -2.13. The normalized spacial score (nSPS) is 11.9. The van der Waals surface area contributed by atoms with E-state index in [1.54, 1.807) is 18.3 Å². The van der Waals surface area contributed by atoms with Crippen LogP contribution in [-0.4, -0.2) is 27.1 Å². The number of carbonyl (C=O) groups is 1. The molecule has 6 nitrogen and oxygen atoms in total. The number of carbonyl (C=O) groups excluding carboxylic acids is 1. The summed E-state index contributed by atoms with van der Waals surface area (Å²) in [5.41, 5.74) is 7.36. The van der Waals surface area contributed by atoms with Gasteiger partial charge >= 0.3 is 0 Å². The lowest BCUT2D eigenvalue weighted by atomic mass is 10.1. The highest BCUT2D eigenvalue weighted by Gasteiger charge is 2.16. The number of phenolic OH excluding ortho intramolecular Hbond substituents is 2. The molecule has 1 aromatic carbocycles. The number of aromatic nitrogens is 1. The molecule has 0 unspecified atom stereocenters. The molecule has 1 heterocycles. The number of hydrogen-bond acceptors (Lipinski definition) is 5. The number of hydrogen-bond donors (Lipinski definition) is 4. The van der Waals surface area contributed by atoms with Crippen LogP contribution >= 0.6 is 0 Å². The minimum absolute atomic E-state index is 0.208. The summed E-state index contributed by atoms with van der Waals surface area (Å²) in [6, 6.07) is 7.19. The monoisotopic (exact) mass is 287 g/mol. The Morgan fingerprint density at radius 1 is 1.33 bits per heavy atom. The van der Waals surface area contributed by atoms with E-state index in [1.165, 1.54) is 12.1 Å². The van der Waals surface area contributed by atoms with E-state index in [2.05, 4.69) is 10.3 Å². The molecule has 0 aliphatic heterocycles. The average molecular weight is 287 g/mol. The molecule has 0 fully saturated rings. The van der Waals surface area contributed by atoms with Gasteiger partial charge in [-0.2, -0.15) is 0 Å². The standard InChI is InChI=1S/C15H17N3O3/c1-9-3-2-6-17-14(9)18-15(21)11(16)7-10-4-5-12(19)13(20)8-10/h2-6,8,11,19-20H,7,16H2,1H3,(H,17,18,21)/t11-/m0/s1. The highest BCUT2D eigenvalue weighted by atomic mass is 16.3. The van der Waals surface area contributed by atoms with Gasteiger partial charge in [0.1, 0.15) is 5.82 Å². The first-order chi connectivity index (χ1) is 9.97. The van der Waals surface area contributed by atoms with Crippen molar-refractivity contribution in [1.82, 2.24) is 4.98 Å². The van der Waals surface area contributed by atoms with Gasteiger partial charge < -0.3 is 21.3 Å². The Balaban J connectivity index is 2.02. The number of nitrogens with one attached hydrogen (secondary N) is 1. The zero-order valence-corrected chi connectivity index (χ0v) is 11.6. The summed E-state index contributed by atoms with van der Waals surface area (Å²) >= 11 is 0. The van der Waals surface area contributed by atoms with Gasteiger partial charge in [0.2, 0.25) is 5.91 Å². The molecule has 5 N–H and O–H groups in total. The SMILES string of the molecule is Cc1cccnc1NC(=O)[C@@H](N)Cc1ccc(O)c(O)c1. The number of pyridine rings is 1. The Labute approximate surface area is 122 Å². The molecule has 0 spiro atoms. The second kappa shape index (κ2) is 6.23. The number of amides is 1. The molecular weight excluding hydrogens is 270 g/mol. The molecule has 6 heteroatoms. The third-order valence-electron chi connectivity index (χ3n) is 3.08. The Morgan fingerprint density at radius 2 is 2.10 bits per heavy atom. The molecule has 0 saturated carbocycles. The smallest absolute Gasteiger partial charge is 0.242 e. The average Bonchev–Trinajstić information content (AvgIpc) is 2.45. The molecular formula is C15H17N3O3. The maximum Gasteiger partial charge on any atom is 0.242 e. The van der Waals surface area contributed by atoms with E-state index in [1.807, 2.05) is 13.0 Å². The number of aryl methyl sites for hydroxylation is 1. The van der Waals surface area contributed by atoms with Crippen molar-refractivity contribution in [2.45, 2.75) is 19.4 Å². The van der Waals surface area contributed by atoms with E-state index >= 15 is 0 Å². The quantitative estimate of drug-likeness (QED) is 0.634. The molecule has 110 valence electrons. The number of benzene rings is 1. The number of anilines is 1. The van der Waals surface area contributed by atoms with Crippen LogP contribution < -0.4 is 11.1 Å². The van der Waals surface area contributed by atoms with Crippen LogP contribution in [0.5, 0.6) is 11.5 Å². The predicted octanol–water partition coefficient (Wildman–Crippen LogP) is 1.31. The van der Waals surface area contributed by atoms with E-state index in [0.29, 0.717) is 11.4 Å². The maximum atomic E-state index is 12.0. The Kier molecular flexibility index (Phi) is 4.39. The zero-order valence-electron chi connectivity index (χ0n) is 11.6. The van der Waals surface area contributed by atoms with E-state index in [9.17, 15) is 15.0 Å². The number of rotatable bonds is 4. The summed E-state index contributed by atoms with van der Waals surface area (Å²) in [6.07, 6.45) is 1.83. The van der Waals surface area contributed by atoms with Gasteiger partial charge in [-0.3, -0.25) is 4.79 Å². The number of nitrogens with zero attached hydrogens (tertiary/aromatic N) is 1. The largest absolute Gasteiger partial charge is 0.504 e. The van der Waals surface area contributed by atoms with Gasteiger partial charge in [0.05, 0.1) is 6.04 Å². The van der Waals surface area contributed by atoms with Crippen molar-refractivity contribution < 1.29 is 15.0 Å². The molecule has 0 aliphatic rings. The third-order valence-corrected chi connectivity index (χ3v) is 3.08. The number of nitrogens with two attached hydrogens (primary N) is 1. The van der Waals surface area contributed by atoms with Gasteiger partial charge in [-0.05, 0) is 42.7 Å². The molecule has 0 aliphatic carbocycles. The first-order valence-corrected chi connectivity index (χ1v) is 6.46. The van der Waals surface area contributed by atoms with Gasteiger partial charge in [0.25, 0.3) is 0 Å². The first-order valence-electron chi connectivity index (χ1n) is 6.46. The van der Waals surface area contributed by atoms with Crippen LogP contribution in [0.4, 0.5) is 5.82 Å². The van der Waals surface area contributed by atoms with Gasteiger partial charge in [-0.25, -0.2) is 4.98 Å². The van der Waals surface area contributed by atoms with Crippen LogP contribution in [0.1, 0.15) is 11.1 Å². The van der Waals surface area contributed by atoms with E-state index < -0.39 is 6.04 Å². The summed E-state index contributed by atoms with van der Waals surface area (Å²) in [5, 5.41) is 21.3. The van der Waals surface area contributed by atoms with Crippen molar-refractivity contribution >= 4 is 11.7 Å². The molecule has 21 heavy (non-hydrogen) atoms. The summed E-state index contributed by atoms with van der Waals surface area (Å²) in [4.78, 5) is 16.1. The molecule has 0 radical (unpaired) electrons. The lowest BCUT2D eigenvalue weighted by Crippen LogP contribution is -2.37. The van der Waals surface area contributed by atoms with Crippen molar-refractivity contribution in [1.29, 1.82) is 0 Å². The highest BCUT2D eigenvalue weighted by molar-refractivity contribution is 5.94. The minimum Gasteiger partial charge on any atom is -0.504 e. The Bertz CT molecular complexity index is 658. The van der Waals surface area contributed by atoms with Crippen LogP contribution in [0.2, 0.25) is 0 Å². The van der Waals surface area contributed by atoms with Crippen molar-refractivity contribution in [3.05, 3.63) is 47.7 Å². The molecule has 2 aromatic rings. The summed E-state index contributed by atoms with van der Waals surface area (Å²) in [6.45, 7) is 1.84. The topological polar surface area (TPSA) is 108 Å². The fraction of sp³-hybridized carbons (Fsp3) is 0.200. The van der Waals surface area contributed by atoms with Crippen LogP contribution in [0.3, 0.4) is 0 Å². The van der Waals surface area contributed by atoms with Crippen molar-refractivity contribution in [3.63, 3.8) is 0 Å². The van der Waals surface area contributed by atoms with Crippen molar-refractivity contribution in [2.75, 3.05) is 5.32 Å². The molecule has 0 bridgehead atoms. The second-order valence-corrected chi connectivity index (χ2v) is 4.79. The first kappa shape index (κ1) is 14.8. The number of aromatic hydroxyl groups is 2. The van der Waals surface area contributed by atoms with Crippen LogP contribution in [0.15, 0.2) is 36.5 Å². The van der Waals surface area contributed by atoms with Gasteiger partial charge in [-0.1, -0.05) is 12.1 Å². The molecule has 0 saturated heterocycles. The zero-order chi connectivity index (χ0) is 15.4. The fourth-order valence-corrected chi connectivity index (χ4v) is 1.87. The van der Waals surface area contributed by atoms with E-state index in [-0.39, 0.29) is 23.8 Å². The molecule has 1 amide bonds. The van der Waals surface area contributed by atoms with Gasteiger partial charge in [0, 0.05) is 6.20 Å². The molecule has 1 aromatic heterocycles. The van der Waals surface area contributed by atoms with Gasteiger partial charge in [-0.15, -0.1) is 0 Å². The number of phenols is 2. The lowest BCUT2D eigenvalue weighted by molar-refractivity contribution is -0.117. The van der Waals surface area contributed by atoms with Crippen LogP contribution in [0, 0.1) is 6.92 Å². The Morgan fingerprint density at radius 3 is 2.76 bits per heavy atom. The highest BCUT2D eigenvalue weighted by Crippen LogP contribution is 2.25. The predicted molar refractivity (Wildman–Crippen MR) is 79.1 cm³/mol. The van der Waals surface area contributed by atoms with E-state index in [4.69, 9.17) is 5.73 Å². The summed E-state index contributed by atoms with van der Waals surface area (Å²) in [7, 11) is 0. The Hall–Kier alpha value is -2.60. The van der Waals surface area contributed by atoms with E-state index in [0.717, 1.165) is 5.56 Å². The summed E-state index contributed by atoms with van der Waals surface area (Å²) < 4.78 is 0. The summed E-state index contributed by atoms with van der Waals surface area (Å²) in [5.74, 6) is -0.322. The molecule has 1 atom stereocenters. The van der Waals surface area contributed by atoms with Crippen molar-refractivity contribution in [2.24, 2.45) is 5.73 Å². The molecule has 2 rings (SSSR count). The minimum atomic E-state index is -0.782. The third kappa shape index (κ3) is 3.70. The second-order valence-electron chi connectivity index (χ2n) is 4.79. The fourth-order valence-electron chi connectivity index (χ4n) is 1.87. The van der Waals surface area contributed by atoms with Crippen molar-refractivity contribution in [3.8, 4) is 11.5 Å².